The van der Waals surface area contributed by atoms with Gasteiger partial charge in [-0.1, -0.05) is 24.8 Å². The molecule has 0 saturated heterocycles. The van der Waals surface area contributed by atoms with E-state index < -0.39 is 5.97 Å². The van der Waals surface area contributed by atoms with E-state index in [0.717, 1.165) is 11.3 Å². The predicted octanol–water partition coefficient (Wildman–Crippen LogP) is 2.22. The molecule has 0 fully saturated rings. The molecular weight excluding hydrogens is 178 g/mol. The fourth-order valence-electron chi connectivity index (χ4n) is 0.587. The van der Waals surface area contributed by atoms with E-state index in [9.17, 15) is 4.79 Å². The Morgan fingerprint density at radius 3 is 2.07 bits per heavy atom. The molecule has 3 N–H and O–H groups in total. The van der Waals surface area contributed by atoms with Crippen LogP contribution in [-0.2, 0) is 4.79 Å². The summed E-state index contributed by atoms with van der Waals surface area (Å²) in [5.41, 5.74) is 7.71. The maximum atomic E-state index is 9.60. The van der Waals surface area contributed by atoms with Crippen LogP contribution in [0.2, 0.25) is 0 Å². The molecule has 1 aromatic rings. The van der Waals surface area contributed by atoms with Crippen molar-refractivity contribution in [2.24, 2.45) is 0 Å². The van der Waals surface area contributed by atoms with E-state index in [1.54, 1.807) is 0 Å². The van der Waals surface area contributed by atoms with Crippen molar-refractivity contribution >= 4 is 11.7 Å². The van der Waals surface area contributed by atoms with Crippen molar-refractivity contribution in [3.63, 3.8) is 0 Å². The van der Waals surface area contributed by atoms with Gasteiger partial charge in [-0.05, 0) is 25.5 Å². The van der Waals surface area contributed by atoms with Gasteiger partial charge >= 0.3 is 5.97 Å². The summed E-state index contributed by atoms with van der Waals surface area (Å²) in [6, 6.07) is 7.80. The Hall–Kier alpha value is -1.77. The number of nitrogen functional groups attached to an aromatic ring is 1. The van der Waals surface area contributed by atoms with Crippen LogP contribution in [0.4, 0.5) is 5.69 Å². The number of rotatable bonds is 1. The quantitative estimate of drug-likeness (QED) is 0.531. The van der Waals surface area contributed by atoms with Gasteiger partial charge in [0.25, 0.3) is 0 Å². The number of aliphatic carboxylic acids is 1. The molecule has 3 heteroatoms. The molecule has 0 spiro atoms. The van der Waals surface area contributed by atoms with Crippen LogP contribution >= 0.6 is 0 Å². The lowest BCUT2D eigenvalue weighted by Crippen LogP contribution is -1.92. The fourth-order valence-corrected chi connectivity index (χ4v) is 0.587. The lowest BCUT2D eigenvalue weighted by atomic mass is 10.2. The summed E-state index contributed by atoms with van der Waals surface area (Å²) in [5.74, 6) is -0.935. The maximum absolute atomic E-state index is 9.60. The highest BCUT2D eigenvalue weighted by atomic mass is 16.4. The number of para-hydroxylation sites is 1. The van der Waals surface area contributed by atoms with Crippen molar-refractivity contribution in [3.05, 3.63) is 42.0 Å². The minimum atomic E-state index is -0.935. The number of carbonyl (C=O) groups is 1. The van der Waals surface area contributed by atoms with Crippen molar-refractivity contribution in [3.8, 4) is 0 Å². The summed E-state index contributed by atoms with van der Waals surface area (Å²) in [5, 5.41) is 7.89. The molecular formula is C11H15NO2. The second-order valence-electron chi connectivity index (χ2n) is 2.94. The van der Waals surface area contributed by atoms with Gasteiger partial charge in [0.15, 0.2) is 0 Å². The zero-order chi connectivity index (χ0) is 11.1. The van der Waals surface area contributed by atoms with Crippen molar-refractivity contribution in [1.29, 1.82) is 0 Å². The van der Waals surface area contributed by atoms with Crippen LogP contribution in [0.3, 0.4) is 0 Å². The molecule has 3 nitrogen and oxygen atoms in total. The second kappa shape index (κ2) is 5.80. The van der Waals surface area contributed by atoms with E-state index >= 15 is 0 Å². The highest BCUT2D eigenvalue weighted by Gasteiger charge is 1.90. The van der Waals surface area contributed by atoms with Crippen molar-refractivity contribution in [2.75, 3.05) is 5.73 Å². The molecule has 0 aliphatic heterocycles. The van der Waals surface area contributed by atoms with Crippen molar-refractivity contribution < 1.29 is 9.90 Å². The zero-order valence-corrected chi connectivity index (χ0v) is 8.45. The van der Waals surface area contributed by atoms with Gasteiger partial charge in [-0.3, -0.25) is 0 Å². The Labute approximate surface area is 83.9 Å². The summed E-state index contributed by atoms with van der Waals surface area (Å²) < 4.78 is 0. The fraction of sp³-hybridized carbons (Fsp3) is 0.182. The molecule has 0 bridgehead atoms. The minimum absolute atomic E-state index is 0.176. The largest absolute Gasteiger partial charge is 0.478 e. The summed E-state index contributed by atoms with van der Waals surface area (Å²) >= 11 is 0. The van der Waals surface area contributed by atoms with E-state index in [1.165, 1.54) is 6.92 Å². The first-order valence-electron chi connectivity index (χ1n) is 4.15. The zero-order valence-electron chi connectivity index (χ0n) is 8.45. The topological polar surface area (TPSA) is 63.3 Å². The van der Waals surface area contributed by atoms with Crippen LogP contribution < -0.4 is 5.73 Å². The summed E-state index contributed by atoms with van der Waals surface area (Å²) in [4.78, 5) is 9.60. The number of carboxylic acids is 1. The van der Waals surface area contributed by atoms with Crippen LogP contribution in [-0.4, -0.2) is 11.1 Å². The van der Waals surface area contributed by atoms with Crippen LogP contribution in [0.25, 0.3) is 0 Å². The Kier molecular flexibility index (Phi) is 5.07. The van der Waals surface area contributed by atoms with Crippen LogP contribution in [0.15, 0.2) is 36.4 Å². The third-order valence-electron chi connectivity index (χ3n) is 1.55. The highest BCUT2D eigenvalue weighted by Crippen LogP contribution is 2.06. The van der Waals surface area contributed by atoms with E-state index in [-0.39, 0.29) is 5.57 Å². The van der Waals surface area contributed by atoms with Crippen LogP contribution in [0.1, 0.15) is 12.5 Å². The molecule has 0 unspecified atom stereocenters. The molecule has 0 aliphatic carbocycles. The third kappa shape index (κ3) is 4.98. The molecule has 1 rings (SSSR count). The number of carboxylic acid groups (broad SMARTS) is 1. The lowest BCUT2D eigenvalue weighted by molar-refractivity contribution is -0.132. The number of hydrogen-bond acceptors (Lipinski definition) is 2. The van der Waals surface area contributed by atoms with Gasteiger partial charge in [-0.2, -0.15) is 0 Å². The molecule has 0 radical (unpaired) electrons. The van der Waals surface area contributed by atoms with Gasteiger partial charge in [-0.15, -0.1) is 0 Å². The summed E-state index contributed by atoms with van der Waals surface area (Å²) in [6.07, 6.45) is 0. The number of nitrogens with two attached hydrogens (primary N) is 1. The molecule has 0 heterocycles. The molecule has 0 aromatic heterocycles. The lowest BCUT2D eigenvalue weighted by Gasteiger charge is -1.93. The Morgan fingerprint density at radius 1 is 1.43 bits per heavy atom. The number of benzene rings is 1. The van der Waals surface area contributed by atoms with Gasteiger partial charge in [0, 0.05) is 11.3 Å². The number of hydrogen-bond donors (Lipinski definition) is 2. The average molecular weight is 193 g/mol. The maximum Gasteiger partial charge on any atom is 0.330 e. The van der Waals surface area contributed by atoms with Gasteiger partial charge in [0.2, 0.25) is 0 Å². The molecule has 0 amide bonds. The minimum Gasteiger partial charge on any atom is -0.478 e. The average Bonchev–Trinajstić information content (AvgIpc) is 2.11. The van der Waals surface area contributed by atoms with Crippen molar-refractivity contribution in [1.82, 2.24) is 0 Å². The monoisotopic (exact) mass is 193 g/mol. The SMILES string of the molecule is C=C(C)C(=O)O.Cc1ccccc1N. The van der Waals surface area contributed by atoms with Crippen molar-refractivity contribution in [2.45, 2.75) is 13.8 Å². The van der Waals surface area contributed by atoms with E-state index in [2.05, 4.69) is 6.58 Å². The van der Waals surface area contributed by atoms with Crippen LogP contribution in [0.5, 0.6) is 0 Å². The second-order valence-corrected chi connectivity index (χ2v) is 2.94. The van der Waals surface area contributed by atoms with E-state index in [1.807, 2.05) is 31.2 Å². The predicted molar refractivity (Wildman–Crippen MR) is 58.0 cm³/mol. The van der Waals surface area contributed by atoms with Gasteiger partial charge < -0.3 is 10.8 Å². The Balaban J connectivity index is 0.000000255. The first-order valence-corrected chi connectivity index (χ1v) is 4.15. The Bertz CT molecular complexity index is 299. The smallest absolute Gasteiger partial charge is 0.330 e. The normalized spacial score (nSPS) is 8.43. The molecule has 1 aromatic carbocycles. The van der Waals surface area contributed by atoms with Gasteiger partial charge in [0.1, 0.15) is 0 Å². The molecule has 0 aliphatic rings. The summed E-state index contributed by atoms with van der Waals surface area (Å²) in [7, 11) is 0. The first kappa shape index (κ1) is 12.2. The molecule has 14 heavy (non-hydrogen) atoms. The van der Waals surface area contributed by atoms with Gasteiger partial charge in [-0.25, -0.2) is 4.79 Å². The third-order valence-corrected chi connectivity index (χ3v) is 1.55. The molecule has 0 atom stereocenters. The summed E-state index contributed by atoms with van der Waals surface area (Å²) in [6.45, 7) is 6.60. The van der Waals surface area contributed by atoms with E-state index in [4.69, 9.17) is 10.8 Å². The van der Waals surface area contributed by atoms with Crippen LogP contribution in [0, 0.1) is 6.92 Å². The molecule has 76 valence electrons. The Morgan fingerprint density at radius 2 is 1.86 bits per heavy atom. The highest BCUT2D eigenvalue weighted by molar-refractivity contribution is 5.84. The standard InChI is InChI=1S/C7H9N.C4H6O2/c1-6-4-2-3-5-7(6)8;1-3(2)4(5)6/h2-5H,8H2,1H3;1H2,2H3,(H,5,6). The number of anilines is 1. The number of aryl methyl sites for hydroxylation is 1. The van der Waals surface area contributed by atoms with E-state index in [0.29, 0.717) is 0 Å². The van der Waals surface area contributed by atoms with Gasteiger partial charge in [0.05, 0.1) is 0 Å². The first-order chi connectivity index (χ1) is 6.45. The molecule has 0 saturated carbocycles.